The van der Waals surface area contributed by atoms with Crippen molar-refractivity contribution < 1.29 is 5.11 Å². The second-order valence-corrected chi connectivity index (χ2v) is 6.05. The third-order valence-corrected chi connectivity index (χ3v) is 3.81. The second-order valence-electron chi connectivity index (χ2n) is 6.05. The van der Waals surface area contributed by atoms with Gasteiger partial charge in [0.15, 0.2) is 0 Å². The van der Waals surface area contributed by atoms with E-state index in [0.717, 1.165) is 31.4 Å². The predicted molar refractivity (Wildman–Crippen MR) is 64.1 cm³/mol. The molecule has 1 saturated carbocycles. The summed E-state index contributed by atoms with van der Waals surface area (Å²) in [5.74, 6) is 0. The zero-order valence-electron chi connectivity index (χ0n) is 10.5. The van der Waals surface area contributed by atoms with E-state index in [9.17, 15) is 5.11 Å². The molecule has 3 heteroatoms. The standard InChI is InChI=1S/C13H22N2O/c1-12(2)5-7-13(16,8-6-12)10-11-4-9-15(3)14-11/h4,9,16H,5-8,10H2,1-3H3. The summed E-state index contributed by atoms with van der Waals surface area (Å²) in [7, 11) is 1.91. The SMILES string of the molecule is Cn1ccc(CC2(O)CCC(C)(C)CC2)n1. The Labute approximate surface area is 97.5 Å². The van der Waals surface area contributed by atoms with Crippen molar-refractivity contribution in [3.8, 4) is 0 Å². The summed E-state index contributed by atoms with van der Waals surface area (Å²) >= 11 is 0. The van der Waals surface area contributed by atoms with Crippen molar-refractivity contribution in [2.75, 3.05) is 0 Å². The van der Waals surface area contributed by atoms with Crippen molar-refractivity contribution in [2.45, 2.75) is 51.6 Å². The van der Waals surface area contributed by atoms with E-state index in [1.807, 2.05) is 19.3 Å². The molecule has 1 aliphatic rings. The fraction of sp³-hybridized carbons (Fsp3) is 0.769. The van der Waals surface area contributed by atoms with E-state index in [1.54, 1.807) is 4.68 Å². The molecule has 0 unspecified atom stereocenters. The maximum Gasteiger partial charge on any atom is 0.0704 e. The minimum absolute atomic E-state index is 0.399. The Morgan fingerprint density at radius 3 is 2.44 bits per heavy atom. The topological polar surface area (TPSA) is 38.0 Å². The Morgan fingerprint density at radius 2 is 1.94 bits per heavy atom. The van der Waals surface area contributed by atoms with E-state index in [0.29, 0.717) is 11.8 Å². The van der Waals surface area contributed by atoms with Crippen molar-refractivity contribution in [3.63, 3.8) is 0 Å². The lowest BCUT2D eigenvalue weighted by Gasteiger charge is -2.40. The Morgan fingerprint density at radius 1 is 1.31 bits per heavy atom. The third-order valence-electron chi connectivity index (χ3n) is 3.81. The van der Waals surface area contributed by atoms with E-state index < -0.39 is 5.60 Å². The van der Waals surface area contributed by atoms with Gasteiger partial charge in [-0.2, -0.15) is 5.10 Å². The molecule has 0 saturated heterocycles. The highest BCUT2D eigenvalue weighted by Gasteiger charge is 2.36. The first-order valence-corrected chi connectivity index (χ1v) is 6.10. The molecule has 0 spiro atoms. The molecule has 1 fully saturated rings. The molecule has 0 atom stereocenters. The Balaban J connectivity index is 1.99. The van der Waals surface area contributed by atoms with Crippen LogP contribution in [0.1, 0.15) is 45.2 Å². The maximum atomic E-state index is 10.5. The van der Waals surface area contributed by atoms with Gasteiger partial charge >= 0.3 is 0 Å². The lowest BCUT2D eigenvalue weighted by atomic mass is 9.70. The zero-order chi connectivity index (χ0) is 11.8. The van der Waals surface area contributed by atoms with Gasteiger partial charge in [-0.3, -0.25) is 4.68 Å². The van der Waals surface area contributed by atoms with Crippen molar-refractivity contribution in [3.05, 3.63) is 18.0 Å². The lowest BCUT2D eigenvalue weighted by Crippen LogP contribution is -2.38. The molecule has 90 valence electrons. The summed E-state index contributed by atoms with van der Waals surface area (Å²) in [5.41, 5.74) is 0.880. The van der Waals surface area contributed by atoms with Crippen LogP contribution in [0.5, 0.6) is 0 Å². The molecule has 1 N–H and O–H groups in total. The summed E-state index contributed by atoms with van der Waals surface area (Å²) in [6, 6.07) is 2.00. The first-order chi connectivity index (χ1) is 7.39. The molecule has 16 heavy (non-hydrogen) atoms. The van der Waals surface area contributed by atoms with Crippen LogP contribution in [0.3, 0.4) is 0 Å². The Hall–Kier alpha value is -0.830. The number of hydrogen-bond acceptors (Lipinski definition) is 2. The normalized spacial score (nSPS) is 23.2. The molecule has 1 aromatic rings. The molecule has 0 amide bonds. The van der Waals surface area contributed by atoms with Gasteiger partial charge in [-0.25, -0.2) is 0 Å². The van der Waals surface area contributed by atoms with Crippen LogP contribution in [0, 0.1) is 5.41 Å². The van der Waals surface area contributed by atoms with Gasteiger partial charge in [0.25, 0.3) is 0 Å². The average Bonchev–Trinajstić information content (AvgIpc) is 2.58. The van der Waals surface area contributed by atoms with Crippen LogP contribution in [0.15, 0.2) is 12.3 Å². The largest absolute Gasteiger partial charge is 0.389 e. The molecular formula is C13H22N2O. The van der Waals surface area contributed by atoms with E-state index in [2.05, 4.69) is 18.9 Å². The van der Waals surface area contributed by atoms with Crippen LogP contribution >= 0.6 is 0 Å². The summed E-state index contributed by atoms with van der Waals surface area (Å²) in [6.45, 7) is 4.57. The second kappa shape index (κ2) is 3.88. The summed E-state index contributed by atoms with van der Waals surface area (Å²) in [4.78, 5) is 0. The number of nitrogens with zero attached hydrogens (tertiary/aromatic N) is 2. The summed E-state index contributed by atoms with van der Waals surface area (Å²) < 4.78 is 1.80. The van der Waals surface area contributed by atoms with Crippen molar-refractivity contribution in [1.29, 1.82) is 0 Å². The Kier molecular flexibility index (Phi) is 2.82. The van der Waals surface area contributed by atoms with Crippen LogP contribution < -0.4 is 0 Å². The maximum absolute atomic E-state index is 10.5. The zero-order valence-corrected chi connectivity index (χ0v) is 10.5. The number of rotatable bonds is 2. The van der Waals surface area contributed by atoms with Crippen molar-refractivity contribution in [1.82, 2.24) is 9.78 Å². The van der Waals surface area contributed by atoms with Gasteiger partial charge < -0.3 is 5.11 Å². The molecule has 0 radical (unpaired) electrons. The fourth-order valence-corrected chi connectivity index (χ4v) is 2.46. The molecule has 1 aromatic heterocycles. The van der Waals surface area contributed by atoms with Gasteiger partial charge in [0.2, 0.25) is 0 Å². The molecular weight excluding hydrogens is 200 g/mol. The van der Waals surface area contributed by atoms with Crippen LogP contribution in [-0.2, 0) is 13.5 Å². The summed E-state index contributed by atoms with van der Waals surface area (Å²) in [5, 5.41) is 14.9. The molecule has 1 aliphatic carbocycles. The molecule has 1 heterocycles. The molecule has 0 bridgehead atoms. The van der Waals surface area contributed by atoms with E-state index in [4.69, 9.17) is 0 Å². The van der Waals surface area contributed by atoms with Gasteiger partial charge in [0.1, 0.15) is 0 Å². The predicted octanol–water partition coefficient (Wildman–Crippen LogP) is 2.29. The quantitative estimate of drug-likeness (QED) is 0.833. The van der Waals surface area contributed by atoms with E-state index >= 15 is 0 Å². The smallest absolute Gasteiger partial charge is 0.0704 e. The van der Waals surface area contributed by atoms with Gasteiger partial charge in [-0.1, -0.05) is 13.8 Å². The average molecular weight is 222 g/mol. The minimum Gasteiger partial charge on any atom is -0.389 e. The minimum atomic E-state index is -0.524. The summed E-state index contributed by atoms with van der Waals surface area (Å²) in [6.07, 6.45) is 6.65. The molecule has 2 rings (SSSR count). The number of aryl methyl sites for hydroxylation is 1. The van der Waals surface area contributed by atoms with E-state index in [1.165, 1.54) is 0 Å². The van der Waals surface area contributed by atoms with Crippen LogP contribution in [0.2, 0.25) is 0 Å². The fourth-order valence-electron chi connectivity index (χ4n) is 2.46. The first-order valence-electron chi connectivity index (χ1n) is 6.10. The van der Waals surface area contributed by atoms with Crippen molar-refractivity contribution >= 4 is 0 Å². The Bertz CT molecular complexity index is 358. The number of aromatic nitrogens is 2. The number of aliphatic hydroxyl groups is 1. The van der Waals surface area contributed by atoms with Crippen LogP contribution in [-0.4, -0.2) is 20.5 Å². The monoisotopic (exact) mass is 222 g/mol. The first kappa shape index (κ1) is 11.6. The highest BCUT2D eigenvalue weighted by atomic mass is 16.3. The third kappa shape index (κ3) is 2.64. The molecule has 0 aliphatic heterocycles. The van der Waals surface area contributed by atoms with Crippen LogP contribution in [0.4, 0.5) is 0 Å². The molecule has 3 nitrogen and oxygen atoms in total. The van der Waals surface area contributed by atoms with E-state index in [-0.39, 0.29) is 0 Å². The highest BCUT2D eigenvalue weighted by molar-refractivity contribution is 5.05. The van der Waals surface area contributed by atoms with Crippen molar-refractivity contribution in [2.24, 2.45) is 12.5 Å². The van der Waals surface area contributed by atoms with Gasteiger partial charge in [0.05, 0.1) is 11.3 Å². The van der Waals surface area contributed by atoms with Gasteiger partial charge in [-0.05, 0) is 37.2 Å². The number of hydrogen-bond donors (Lipinski definition) is 1. The van der Waals surface area contributed by atoms with Gasteiger partial charge in [0, 0.05) is 19.7 Å². The van der Waals surface area contributed by atoms with Gasteiger partial charge in [-0.15, -0.1) is 0 Å². The lowest BCUT2D eigenvalue weighted by molar-refractivity contribution is -0.0258. The highest BCUT2D eigenvalue weighted by Crippen LogP contribution is 2.41. The molecule has 0 aromatic carbocycles. The van der Waals surface area contributed by atoms with Crippen LogP contribution in [0.25, 0.3) is 0 Å².